The first-order valence-corrected chi connectivity index (χ1v) is 11.0. The molecule has 2 aliphatic rings. The summed E-state index contributed by atoms with van der Waals surface area (Å²) in [5.74, 6) is 0. The van der Waals surface area contributed by atoms with E-state index in [-0.39, 0.29) is 6.61 Å². The maximum atomic E-state index is 10.2. The van der Waals surface area contributed by atoms with Gasteiger partial charge in [0.1, 0.15) is 48.8 Å². The zero-order chi connectivity index (χ0) is 23.0. The van der Waals surface area contributed by atoms with Crippen LogP contribution in [0.1, 0.15) is 45.4 Å². The topological polar surface area (TPSA) is 179 Å². The molecule has 0 radical (unpaired) electrons. The molecule has 0 unspecified atom stereocenters. The third-order valence-corrected chi connectivity index (χ3v) is 5.72. The number of hydrogen-bond donors (Lipinski definition) is 7. The van der Waals surface area contributed by atoms with E-state index in [1.165, 1.54) is 19.3 Å². The van der Waals surface area contributed by atoms with E-state index in [4.69, 9.17) is 18.9 Å². The van der Waals surface area contributed by atoms with E-state index in [9.17, 15) is 35.7 Å². The summed E-state index contributed by atoms with van der Waals surface area (Å²) in [6.45, 7) is 1.91. The summed E-state index contributed by atoms with van der Waals surface area (Å²) in [6.07, 6.45) is -8.30. The number of rotatable bonds is 12. The molecule has 2 aliphatic heterocycles. The molecule has 0 spiro atoms. The maximum Gasteiger partial charge on any atom is 0.187 e. The van der Waals surface area contributed by atoms with Crippen LogP contribution in [0.4, 0.5) is 0 Å². The van der Waals surface area contributed by atoms with Crippen LogP contribution in [-0.2, 0) is 18.9 Å². The van der Waals surface area contributed by atoms with Gasteiger partial charge >= 0.3 is 0 Å². The van der Waals surface area contributed by atoms with Gasteiger partial charge in [-0.15, -0.1) is 0 Å². The Labute approximate surface area is 182 Å². The van der Waals surface area contributed by atoms with Crippen LogP contribution in [0.25, 0.3) is 0 Å². The summed E-state index contributed by atoms with van der Waals surface area (Å²) in [4.78, 5) is 0. The summed E-state index contributed by atoms with van der Waals surface area (Å²) in [7, 11) is 0. The molecule has 10 atom stereocenters. The van der Waals surface area contributed by atoms with Crippen molar-refractivity contribution in [1.82, 2.24) is 0 Å². The number of aliphatic hydroxyl groups is 7. The number of hydrogen-bond acceptors (Lipinski definition) is 11. The Morgan fingerprint density at radius 2 is 1.39 bits per heavy atom. The van der Waals surface area contributed by atoms with E-state index in [2.05, 4.69) is 6.92 Å². The molecular weight excluding hydrogens is 416 g/mol. The second-order valence-corrected chi connectivity index (χ2v) is 8.19. The van der Waals surface area contributed by atoms with Crippen molar-refractivity contribution < 1.29 is 54.7 Å². The lowest BCUT2D eigenvalue weighted by Gasteiger charge is -2.45. The lowest BCUT2D eigenvalue weighted by atomic mass is 9.97. The van der Waals surface area contributed by atoms with E-state index in [0.29, 0.717) is 6.61 Å². The Morgan fingerprint density at radius 1 is 0.710 bits per heavy atom. The highest BCUT2D eigenvalue weighted by Crippen LogP contribution is 2.28. The van der Waals surface area contributed by atoms with Gasteiger partial charge in [0.15, 0.2) is 12.6 Å². The molecule has 0 aromatic rings. The molecule has 2 fully saturated rings. The van der Waals surface area contributed by atoms with Crippen molar-refractivity contribution in [3.63, 3.8) is 0 Å². The first kappa shape index (κ1) is 26.8. The third kappa shape index (κ3) is 7.27. The van der Waals surface area contributed by atoms with Gasteiger partial charge in [0.2, 0.25) is 0 Å². The largest absolute Gasteiger partial charge is 0.394 e. The van der Waals surface area contributed by atoms with Crippen LogP contribution in [0.15, 0.2) is 0 Å². The molecule has 0 bridgehead atoms. The quantitative estimate of drug-likeness (QED) is 0.162. The minimum absolute atomic E-state index is 0.0474. The Morgan fingerprint density at radius 3 is 2.06 bits per heavy atom. The molecule has 0 aromatic carbocycles. The molecule has 11 nitrogen and oxygen atoms in total. The Balaban J connectivity index is 1.87. The van der Waals surface area contributed by atoms with Crippen LogP contribution < -0.4 is 0 Å². The van der Waals surface area contributed by atoms with Crippen molar-refractivity contribution in [3.8, 4) is 0 Å². The molecule has 0 aromatic heterocycles. The lowest BCUT2D eigenvalue weighted by molar-refractivity contribution is -0.355. The monoisotopic (exact) mass is 454 g/mol. The molecule has 11 heteroatoms. The number of ether oxygens (including phenoxy) is 4. The average Bonchev–Trinajstić information content (AvgIpc) is 2.76. The zero-order valence-electron chi connectivity index (χ0n) is 17.9. The fourth-order valence-electron chi connectivity index (χ4n) is 3.74. The van der Waals surface area contributed by atoms with Gasteiger partial charge in [0.25, 0.3) is 0 Å². The van der Waals surface area contributed by atoms with Crippen molar-refractivity contribution in [2.24, 2.45) is 0 Å². The van der Waals surface area contributed by atoms with E-state index < -0.39 is 68.0 Å². The van der Waals surface area contributed by atoms with E-state index >= 15 is 0 Å². The molecule has 7 N–H and O–H groups in total. The van der Waals surface area contributed by atoms with Crippen LogP contribution >= 0.6 is 0 Å². The van der Waals surface area contributed by atoms with Gasteiger partial charge in [-0.25, -0.2) is 0 Å². The highest BCUT2D eigenvalue weighted by molar-refractivity contribution is 4.93. The van der Waals surface area contributed by atoms with E-state index in [0.717, 1.165) is 19.3 Å². The standard InChI is InChI=1S/C20H38O11/c1-2-3-4-5-6-7-8-28-10-12-13(22)14(23)17(26)20(30-12)31-18-11(9-21)29-19(27)16(25)15(18)24/h11-27H,2-10H2,1H3/t11-,12-,13-,14+,15-,16-,17-,18-,19-,20-/m1/s1. The first-order chi connectivity index (χ1) is 14.8. The van der Waals surface area contributed by atoms with Gasteiger partial charge in [0, 0.05) is 6.61 Å². The number of unbranched alkanes of at least 4 members (excludes halogenated alkanes) is 5. The fraction of sp³-hybridized carbons (Fsp3) is 1.00. The van der Waals surface area contributed by atoms with Crippen LogP contribution in [0, 0.1) is 0 Å². The summed E-state index contributed by atoms with van der Waals surface area (Å²) >= 11 is 0. The van der Waals surface area contributed by atoms with Crippen LogP contribution in [-0.4, -0.2) is 117 Å². The molecule has 31 heavy (non-hydrogen) atoms. The van der Waals surface area contributed by atoms with Crippen molar-refractivity contribution in [3.05, 3.63) is 0 Å². The Bertz CT molecular complexity index is 494. The van der Waals surface area contributed by atoms with E-state index in [1.54, 1.807) is 0 Å². The summed E-state index contributed by atoms with van der Waals surface area (Å²) in [5.41, 5.74) is 0. The predicted molar refractivity (Wildman–Crippen MR) is 106 cm³/mol. The Hall–Kier alpha value is -0.440. The predicted octanol–water partition coefficient (Wildman–Crippen LogP) is -2.01. The van der Waals surface area contributed by atoms with Crippen LogP contribution in [0.5, 0.6) is 0 Å². The van der Waals surface area contributed by atoms with Gasteiger partial charge in [-0.05, 0) is 6.42 Å². The maximum absolute atomic E-state index is 10.2. The van der Waals surface area contributed by atoms with E-state index in [1.807, 2.05) is 0 Å². The molecule has 0 aliphatic carbocycles. The molecule has 2 heterocycles. The summed E-state index contributed by atoms with van der Waals surface area (Å²) in [6, 6.07) is 0. The molecule has 184 valence electrons. The molecule has 2 saturated heterocycles. The lowest BCUT2D eigenvalue weighted by Crippen LogP contribution is -2.64. The Kier molecular flexibility index (Phi) is 11.5. The van der Waals surface area contributed by atoms with Crippen LogP contribution in [0.3, 0.4) is 0 Å². The van der Waals surface area contributed by atoms with Gasteiger partial charge in [0.05, 0.1) is 13.2 Å². The second kappa shape index (κ2) is 13.3. The molecule has 2 rings (SSSR count). The summed E-state index contributed by atoms with van der Waals surface area (Å²) < 4.78 is 21.6. The first-order valence-electron chi connectivity index (χ1n) is 11.0. The van der Waals surface area contributed by atoms with Crippen molar-refractivity contribution in [1.29, 1.82) is 0 Å². The van der Waals surface area contributed by atoms with Gasteiger partial charge in [-0.3, -0.25) is 0 Å². The van der Waals surface area contributed by atoms with Gasteiger partial charge < -0.3 is 54.7 Å². The van der Waals surface area contributed by atoms with Gasteiger partial charge in [-0.1, -0.05) is 39.0 Å². The third-order valence-electron chi connectivity index (χ3n) is 5.72. The normalized spacial score (nSPS) is 41.4. The van der Waals surface area contributed by atoms with Crippen LogP contribution in [0.2, 0.25) is 0 Å². The summed E-state index contributed by atoms with van der Waals surface area (Å²) in [5, 5.41) is 69.6. The highest BCUT2D eigenvalue weighted by Gasteiger charge is 2.50. The van der Waals surface area contributed by atoms with Crippen molar-refractivity contribution >= 4 is 0 Å². The molecule has 0 saturated carbocycles. The highest BCUT2D eigenvalue weighted by atomic mass is 16.7. The zero-order valence-corrected chi connectivity index (χ0v) is 17.9. The van der Waals surface area contributed by atoms with Crippen molar-refractivity contribution in [2.75, 3.05) is 19.8 Å². The molecular formula is C20H38O11. The van der Waals surface area contributed by atoms with Crippen molar-refractivity contribution in [2.45, 2.75) is 107 Å². The van der Waals surface area contributed by atoms with Gasteiger partial charge in [-0.2, -0.15) is 0 Å². The SMILES string of the molecule is CCCCCCCCOC[C@H]1O[C@H](O[C@H]2[C@H](O)[C@@H](O)[C@H](O)O[C@@H]2CO)[C@H](O)[C@@H](O)[C@@H]1O. The fourth-order valence-corrected chi connectivity index (χ4v) is 3.74. The minimum atomic E-state index is -1.72. The molecule has 0 amide bonds. The number of aliphatic hydroxyl groups excluding tert-OH is 7. The smallest absolute Gasteiger partial charge is 0.187 e. The second-order valence-electron chi connectivity index (χ2n) is 8.19. The minimum Gasteiger partial charge on any atom is -0.394 e. The average molecular weight is 455 g/mol.